The molecule has 3 nitrogen and oxygen atoms in total. The number of halogens is 1. The van der Waals surface area contributed by atoms with E-state index >= 15 is 0 Å². The van der Waals surface area contributed by atoms with Crippen LogP contribution in [0.15, 0.2) is 42.5 Å². The zero-order valence-corrected chi connectivity index (χ0v) is 10.8. The van der Waals surface area contributed by atoms with Crippen molar-refractivity contribution in [3.8, 4) is 11.5 Å². The summed E-state index contributed by atoms with van der Waals surface area (Å²) in [5.74, 6) is 0.182. The van der Waals surface area contributed by atoms with Crippen molar-refractivity contribution >= 4 is 12.0 Å². The molecule has 0 aliphatic rings. The molecule has 0 aromatic heterocycles. The first-order chi connectivity index (χ1) is 9.11. The number of rotatable bonds is 4. The molecule has 2 aromatic rings. The lowest BCUT2D eigenvalue weighted by atomic mass is 10.2. The molecule has 0 saturated carbocycles. The summed E-state index contributed by atoms with van der Waals surface area (Å²) in [6.45, 7) is 0. The van der Waals surface area contributed by atoms with Gasteiger partial charge in [-0.15, -0.1) is 0 Å². The molecule has 0 aliphatic carbocycles. The fourth-order valence-corrected chi connectivity index (χ4v) is 1.67. The minimum absolute atomic E-state index is 0.0715. The first-order valence-electron chi connectivity index (χ1n) is 5.81. The molecule has 0 amide bonds. The van der Waals surface area contributed by atoms with Crippen LogP contribution in [0.1, 0.15) is 10.4 Å². The normalized spacial score (nSPS) is 10.1. The summed E-state index contributed by atoms with van der Waals surface area (Å²) in [6.07, 6.45) is 0.459. The Bertz CT molecular complexity index is 596. The smallest absolute Gasteiger partial charge is 0.156 e. The maximum Gasteiger partial charge on any atom is 0.156 e. The minimum atomic E-state index is -0.587. The molecule has 0 unspecified atom stereocenters. The number of ether oxygens (including phenoxy) is 1. The molecule has 4 heteroatoms. The van der Waals surface area contributed by atoms with Gasteiger partial charge < -0.3 is 9.64 Å². The van der Waals surface area contributed by atoms with Gasteiger partial charge >= 0.3 is 0 Å². The van der Waals surface area contributed by atoms with Gasteiger partial charge in [0.25, 0.3) is 0 Å². The van der Waals surface area contributed by atoms with Crippen LogP contribution in [0.4, 0.5) is 10.1 Å². The summed E-state index contributed by atoms with van der Waals surface area (Å²) >= 11 is 0. The summed E-state index contributed by atoms with van der Waals surface area (Å²) in [5.41, 5.74) is 0.888. The Hall–Kier alpha value is -2.36. The zero-order valence-electron chi connectivity index (χ0n) is 10.8. The second-order valence-electron chi connectivity index (χ2n) is 4.26. The van der Waals surface area contributed by atoms with Gasteiger partial charge in [-0.2, -0.15) is 0 Å². The predicted octanol–water partition coefficient (Wildman–Crippen LogP) is 3.50. The Morgan fingerprint density at radius 1 is 1.16 bits per heavy atom. The lowest BCUT2D eigenvalue weighted by molar-refractivity contribution is 0.111. The topological polar surface area (TPSA) is 29.5 Å². The highest BCUT2D eigenvalue weighted by atomic mass is 19.1. The number of aldehydes is 1. The summed E-state index contributed by atoms with van der Waals surface area (Å²) in [6, 6.07) is 11.6. The van der Waals surface area contributed by atoms with Crippen LogP contribution in [-0.4, -0.2) is 20.4 Å². The Morgan fingerprint density at radius 3 is 2.58 bits per heavy atom. The maximum absolute atomic E-state index is 13.4. The van der Waals surface area contributed by atoms with Crippen LogP contribution in [0.3, 0.4) is 0 Å². The molecule has 0 N–H and O–H groups in total. The number of carbonyl (C=O) groups is 1. The summed E-state index contributed by atoms with van der Waals surface area (Å²) in [4.78, 5) is 12.8. The molecule has 2 aromatic carbocycles. The fourth-order valence-electron chi connectivity index (χ4n) is 1.67. The van der Waals surface area contributed by atoms with Crippen molar-refractivity contribution in [1.82, 2.24) is 0 Å². The van der Waals surface area contributed by atoms with Crippen LogP contribution in [0, 0.1) is 5.82 Å². The lowest BCUT2D eigenvalue weighted by Gasteiger charge is -2.14. The van der Waals surface area contributed by atoms with Crippen LogP contribution in [0.2, 0.25) is 0 Å². The number of hydrogen-bond donors (Lipinski definition) is 0. The van der Waals surface area contributed by atoms with E-state index in [0.29, 0.717) is 12.0 Å². The zero-order chi connectivity index (χ0) is 13.8. The van der Waals surface area contributed by atoms with Gasteiger partial charge in [0.15, 0.2) is 6.29 Å². The van der Waals surface area contributed by atoms with Crippen molar-refractivity contribution in [3.63, 3.8) is 0 Å². The number of benzene rings is 2. The van der Waals surface area contributed by atoms with E-state index in [0.717, 1.165) is 5.69 Å². The molecule has 98 valence electrons. The second kappa shape index (κ2) is 5.52. The molecular formula is C15H14FNO2. The van der Waals surface area contributed by atoms with E-state index in [1.54, 1.807) is 12.1 Å². The highest BCUT2D eigenvalue weighted by Gasteiger charge is 2.09. The van der Waals surface area contributed by atoms with E-state index in [9.17, 15) is 9.18 Å². The number of hydrogen-bond acceptors (Lipinski definition) is 3. The van der Waals surface area contributed by atoms with E-state index in [-0.39, 0.29) is 11.3 Å². The Morgan fingerprint density at radius 2 is 1.89 bits per heavy atom. The van der Waals surface area contributed by atoms with Gasteiger partial charge in [-0.3, -0.25) is 4.79 Å². The van der Waals surface area contributed by atoms with Gasteiger partial charge in [0.2, 0.25) is 0 Å². The molecule has 0 bridgehead atoms. The highest BCUT2D eigenvalue weighted by Crippen LogP contribution is 2.28. The van der Waals surface area contributed by atoms with Crippen LogP contribution in [0.25, 0.3) is 0 Å². The van der Waals surface area contributed by atoms with Gasteiger partial charge in [-0.05, 0) is 24.3 Å². The van der Waals surface area contributed by atoms with Crippen molar-refractivity contribution in [1.29, 1.82) is 0 Å². The van der Waals surface area contributed by atoms with E-state index in [2.05, 4.69) is 0 Å². The SMILES string of the molecule is CN(C)c1cccc(Oc2cccc(F)c2C=O)c1. The van der Waals surface area contributed by atoms with Crippen molar-refractivity contribution in [2.75, 3.05) is 19.0 Å². The molecule has 0 fully saturated rings. The number of carbonyl (C=O) groups excluding carboxylic acids is 1. The Kier molecular flexibility index (Phi) is 3.80. The monoisotopic (exact) mass is 259 g/mol. The van der Waals surface area contributed by atoms with Crippen LogP contribution >= 0.6 is 0 Å². The highest BCUT2D eigenvalue weighted by molar-refractivity contribution is 5.79. The standard InChI is InChI=1S/C15H14FNO2/c1-17(2)11-5-3-6-12(9-11)19-15-8-4-7-14(16)13(15)10-18/h3-10H,1-2H3. The molecule has 19 heavy (non-hydrogen) atoms. The van der Waals surface area contributed by atoms with E-state index in [1.807, 2.05) is 37.2 Å². The molecule has 0 atom stereocenters. The van der Waals surface area contributed by atoms with Gasteiger partial charge in [0.1, 0.15) is 17.3 Å². The average Bonchev–Trinajstić information content (AvgIpc) is 2.39. The number of nitrogens with zero attached hydrogens (tertiary/aromatic N) is 1. The Balaban J connectivity index is 2.33. The molecule has 0 aliphatic heterocycles. The van der Waals surface area contributed by atoms with Gasteiger partial charge in [0, 0.05) is 25.8 Å². The van der Waals surface area contributed by atoms with Crippen LogP contribution < -0.4 is 9.64 Å². The second-order valence-corrected chi connectivity index (χ2v) is 4.26. The van der Waals surface area contributed by atoms with Crippen molar-refractivity contribution < 1.29 is 13.9 Å². The third-order valence-electron chi connectivity index (χ3n) is 2.69. The van der Waals surface area contributed by atoms with E-state index in [1.165, 1.54) is 12.1 Å². The lowest BCUT2D eigenvalue weighted by Crippen LogP contribution is -2.08. The van der Waals surface area contributed by atoms with Crippen molar-refractivity contribution in [2.45, 2.75) is 0 Å². The van der Waals surface area contributed by atoms with E-state index < -0.39 is 5.82 Å². The summed E-state index contributed by atoms with van der Waals surface area (Å²) < 4.78 is 19.0. The Labute approximate surface area is 111 Å². The fraction of sp³-hybridized carbons (Fsp3) is 0.133. The van der Waals surface area contributed by atoms with Crippen molar-refractivity contribution in [2.24, 2.45) is 0 Å². The van der Waals surface area contributed by atoms with Gasteiger partial charge in [-0.1, -0.05) is 12.1 Å². The summed E-state index contributed by atoms with van der Waals surface area (Å²) in [5, 5.41) is 0. The third-order valence-corrected chi connectivity index (χ3v) is 2.69. The van der Waals surface area contributed by atoms with Gasteiger partial charge in [-0.25, -0.2) is 4.39 Å². The van der Waals surface area contributed by atoms with Gasteiger partial charge in [0.05, 0.1) is 5.56 Å². The first-order valence-corrected chi connectivity index (χ1v) is 5.81. The minimum Gasteiger partial charge on any atom is -0.456 e. The maximum atomic E-state index is 13.4. The molecule has 0 heterocycles. The van der Waals surface area contributed by atoms with Crippen molar-refractivity contribution in [3.05, 3.63) is 53.8 Å². The van der Waals surface area contributed by atoms with Crippen LogP contribution in [-0.2, 0) is 0 Å². The first kappa shape index (κ1) is 13.1. The van der Waals surface area contributed by atoms with E-state index in [4.69, 9.17) is 4.74 Å². The van der Waals surface area contributed by atoms with Crippen LogP contribution in [0.5, 0.6) is 11.5 Å². The molecule has 0 radical (unpaired) electrons. The third kappa shape index (κ3) is 2.91. The average molecular weight is 259 g/mol. The molecular weight excluding hydrogens is 245 g/mol. The summed E-state index contributed by atoms with van der Waals surface area (Å²) in [7, 11) is 3.83. The molecule has 2 rings (SSSR count). The molecule has 0 saturated heterocycles. The molecule has 0 spiro atoms. The predicted molar refractivity (Wildman–Crippen MR) is 72.6 cm³/mol. The largest absolute Gasteiger partial charge is 0.456 e. The number of anilines is 1. The quantitative estimate of drug-likeness (QED) is 0.787.